The highest BCUT2D eigenvalue weighted by atomic mass is 32.2. The van der Waals surface area contributed by atoms with Crippen molar-refractivity contribution in [2.24, 2.45) is 11.8 Å². The predicted octanol–water partition coefficient (Wildman–Crippen LogP) is 1.53. The first-order valence-electron chi connectivity index (χ1n) is 9.65. The molecule has 4 rings (SSSR count). The number of amides is 1. The molecule has 0 radical (unpaired) electrons. The number of carbonyl (C=O) groups is 2. The number of piperidine rings is 1. The number of rotatable bonds is 6. The van der Waals surface area contributed by atoms with Crippen molar-refractivity contribution in [2.45, 2.75) is 50.6 Å². The van der Waals surface area contributed by atoms with E-state index in [0.717, 1.165) is 36.6 Å². The van der Waals surface area contributed by atoms with Gasteiger partial charge in [-0.3, -0.25) is 9.69 Å². The highest BCUT2D eigenvalue weighted by Crippen LogP contribution is 2.51. The summed E-state index contributed by atoms with van der Waals surface area (Å²) in [5.41, 5.74) is 0.108. The fourth-order valence-corrected chi connectivity index (χ4v) is 6.24. The molecule has 1 aromatic heterocycles. The lowest BCUT2D eigenvalue weighted by Gasteiger charge is -2.46. The highest BCUT2D eigenvalue weighted by Gasteiger charge is 2.60. The van der Waals surface area contributed by atoms with Gasteiger partial charge in [0.05, 0.1) is 30.8 Å². The Morgan fingerprint density at radius 2 is 2.29 bits per heavy atom. The van der Waals surface area contributed by atoms with Crippen LogP contribution in [0.1, 0.15) is 32.4 Å². The summed E-state index contributed by atoms with van der Waals surface area (Å²) in [4.78, 5) is 28.8. The van der Waals surface area contributed by atoms with E-state index >= 15 is 0 Å². The van der Waals surface area contributed by atoms with Gasteiger partial charge in [-0.1, -0.05) is 12.1 Å². The van der Waals surface area contributed by atoms with E-state index in [0.29, 0.717) is 6.54 Å². The molecule has 2 N–H and O–H groups in total. The minimum absolute atomic E-state index is 0.0851. The van der Waals surface area contributed by atoms with E-state index < -0.39 is 18.0 Å². The van der Waals surface area contributed by atoms with Crippen molar-refractivity contribution in [1.29, 1.82) is 0 Å². The number of carboxylic acids is 1. The van der Waals surface area contributed by atoms with Gasteiger partial charge in [0.1, 0.15) is 5.70 Å². The Kier molecular flexibility index (Phi) is 5.24. The third kappa shape index (κ3) is 3.25. The lowest BCUT2D eigenvalue weighted by Crippen LogP contribution is -2.63. The number of nitrogens with zero attached hydrogens (tertiary/aromatic N) is 3. The molecule has 2 unspecified atom stereocenters. The van der Waals surface area contributed by atoms with E-state index in [9.17, 15) is 19.8 Å². The van der Waals surface area contributed by atoms with Crippen molar-refractivity contribution in [1.82, 2.24) is 15.0 Å². The fraction of sp³-hybridized carbons (Fsp3) is 0.632. The zero-order valence-corrected chi connectivity index (χ0v) is 16.8. The Balaban J connectivity index is 1.50. The molecule has 0 aromatic carbocycles. The van der Waals surface area contributed by atoms with Gasteiger partial charge in [0, 0.05) is 28.7 Å². The quantitative estimate of drug-likeness (QED) is 0.684. The van der Waals surface area contributed by atoms with Gasteiger partial charge < -0.3 is 19.6 Å². The SMILES string of the molecule is C[C@H]1C(SC2CCCN(Cc3ccno3)C2)=C(C(=O)O)N2C(=O)[C@H]([C@@H](C)O)C12. The van der Waals surface area contributed by atoms with Crippen LogP contribution >= 0.6 is 11.8 Å². The van der Waals surface area contributed by atoms with Crippen LogP contribution in [0.5, 0.6) is 0 Å². The molecule has 2 fully saturated rings. The molecular weight excluding hydrogens is 382 g/mol. The molecule has 0 bridgehead atoms. The number of hydrogen-bond acceptors (Lipinski definition) is 7. The smallest absolute Gasteiger partial charge is 0.353 e. The van der Waals surface area contributed by atoms with Crippen LogP contribution in [0.4, 0.5) is 0 Å². The molecule has 1 amide bonds. The molecule has 4 heterocycles. The number of aliphatic hydroxyl groups is 1. The summed E-state index contributed by atoms with van der Waals surface area (Å²) in [6, 6.07) is 1.60. The van der Waals surface area contributed by atoms with Gasteiger partial charge in [-0.15, -0.1) is 11.8 Å². The Bertz CT molecular complexity index is 793. The predicted molar refractivity (Wildman–Crippen MR) is 102 cm³/mol. The molecule has 9 heteroatoms. The van der Waals surface area contributed by atoms with Crippen molar-refractivity contribution in [2.75, 3.05) is 13.1 Å². The molecule has 3 aliphatic rings. The maximum atomic E-state index is 12.4. The molecule has 0 aliphatic carbocycles. The minimum Gasteiger partial charge on any atom is -0.477 e. The van der Waals surface area contributed by atoms with Gasteiger partial charge in [-0.25, -0.2) is 4.79 Å². The molecule has 28 heavy (non-hydrogen) atoms. The lowest BCUT2D eigenvalue weighted by molar-refractivity contribution is -0.163. The summed E-state index contributed by atoms with van der Waals surface area (Å²) in [6.45, 7) is 6.05. The first-order valence-corrected chi connectivity index (χ1v) is 10.5. The molecular formula is C19H25N3O5S. The summed E-state index contributed by atoms with van der Waals surface area (Å²) in [7, 11) is 0. The summed E-state index contributed by atoms with van der Waals surface area (Å²) >= 11 is 1.59. The number of aliphatic hydroxyl groups excluding tert-OH is 1. The molecule has 8 nitrogen and oxygen atoms in total. The molecule has 152 valence electrons. The Hall–Kier alpha value is -1.84. The standard InChI is InChI=1S/C19H25N3O5S/c1-10-15-14(11(2)23)18(24)22(15)16(19(25)26)17(10)28-13-4-3-7-21(9-13)8-12-5-6-20-27-12/h5-6,10-11,13-15,23H,3-4,7-9H2,1-2H3,(H,25,26)/t10-,11-,13?,14-,15?/m1/s1. The number of carboxylic acid groups (broad SMARTS) is 1. The number of β-lactam (4-membered cyclic amide) rings is 1. The van der Waals surface area contributed by atoms with Crippen molar-refractivity contribution < 1.29 is 24.3 Å². The van der Waals surface area contributed by atoms with E-state index in [2.05, 4.69) is 10.1 Å². The minimum atomic E-state index is -1.07. The van der Waals surface area contributed by atoms with E-state index in [1.165, 1.54) is 4.90 Å². The van der Waals surface area contributed by atoms with Gasteiger partial charge in [0.15, 0.2) is 5.76 Å². The normalized spacial score (nSPS) is 31.7. The fourth-order valence-electron chi connectivity index (χ4n) is 4.66. The average molecular weight is 407 g/mol. The maximum absolute atomic E-state index is 12.4. The number of likely N-dealkylation sites (tertiary alicyclic amines) is 1. The van der Waals surface area contributed by atoms with Gasteiger partial charge >= 0.3 is 5.97 Å². The second kappa shape index (κ2) is 7.53. The number of hydrogen-bond donors (Lipinski definition) is 2. The molecule has 5 atom stereocenters. The Labute approximate surface area is 167 Å². The number of aliphatic carboxylic acids is 1. The van der Waals surface area contributed by atoms with E-state index in [1.54, 1.807) is 24.9 Å². The highest BCUT2D eigenvalue weighted by molar-refractivity contribution is 8.03. The zero-order valence-electron chi connectivity index (χ0n) is 15.9. The topological polar surface area (TPSA) is 107 Å². The van der Waals surface area contributed by atoms with Gasteiger partial charge in [-0.2, -0.15) is 0 Å². The van der Waals surface area contributed by atoms with Crippen LogP contribution in [0.2, 0.25) is 0 Å². The van der Waals surface area contributed by atoms with Crippen LogP contribution in [0.25, 0.3) is 0 Å². The monoisotopic (exact) mass is 407 g/mol. The van der Waals surface area contributed by atoms with Crippen molar-refractivity contribution in [3.05, 3.63) is 28.6 Å². The van der Waals surface area contributed by atoms with Crippen LogP contribution in [0.3, 0.4) is 0 Å². The summed E-state index contributed by atoms with van der Waals surface area (Å²) < 4.78 is 5.20. The van der Waals surface area contributed by atoms with Crippen molar-refractivity contribution in [3.63, 3.8) is 0 Å². The number of fused-ring (bicyclic) bond motifs is 1. The van der Waals surface area contributed by atoms with Gasteiger partial charge in [0.25, 0.3) is 0 Å². The van der Waals surface area contributed by atoms with E-state index in [4.69, 9.17) is 4.52 Å². The second-order valence-electron chi connectivity index (χ2n) is 7.87. The first-order chi connectivity index (χ1) is 13.4. The van der Waals surface area contributed by atoms with E-state index in [-0.39, 0.29) is 28.8 Å². The Morgan fingerprint density at radius 1 is 1.50 bits per heavy atom. The lowest BCUT2D eigenvalue weighted by atomic mass is 9.79. The number of thioether (sulfide) groups is 1. The Morgan fingerprint density at radius 3 is 2.93 bits per heavy atom. The van der Waals surface area contributed by atoms with Gasteiger partial charge in [-0.05, 0) is 26.3 Å². The largest absolute Gasteiger partial charge is 0.477 e. The van der Waals surface area contributed by atoms with Crippen LogP contribution in [0.15, 0.2) is 27.4 Å². The third-order valence-electron chi connectivity index (χ3n) is 5.94. The molecule has 3 aliphatic heterocycles. The second-order valence-corrected chi connectivity index (χ2v) is 9.21. The average Bonchev–Trinajstić information content (AvgIpc) is 3.21. The van der Waals surface area contributed by atoms with E-state index in [1.807, 2.05) is 13.0 Å². The van der Waals surface area contributed by atoms with Crippen LogP contribution < -0.4 is 0 Å². The van der Waals surface area contributed by atoms with Crippen molar-refractivity contribution >= 4 is 23.6 Å². The number of aromatic nitrogens is 1. The summed E-state index contributed by atoms with van der Waals surface area (Å²) in [6.07, 6.45) is 2.88. The molecule has 0 spiro atoms. The van der Waals surface area contributed by atoms with Crippen LogP contribution in [0, 0.1) is 11.8 Å². The summed E-state index contributed by atoms with van der Waals surface area (Å²) in [5.74, 6) is -1.13. The molecule has 2 saturated heterocycles. The van der Waals surface area contributed by atoms with Gasteiger partial charge in [0.2, 0.25) is 5.91 Å². The third-order valence-corrected chi connectivity index (χ3v) is 7.47. The summed E-state index contributed by atoms with van der Waals surface area (Å²) in [5, 5.41) is 23.7. The molecule has 1 aromatic rings. The van der Waals surface area contributed by atoms with Crippen LogP contribution in [-0.4, -0.2) is 67.5 Å². The first kappa shape index (κ1) is 19.5. The molecule has 0 saturated carbocycles. The zero-order chi connectivity index (χ0) is 20.0. The van der Waals surface area contributed by atoms with Crippen LogP contribution in [-0.2, 0) is 16.1 Å². The number of carbonyl (C=O) groups excluding carboxylic acids is 1. The van der Waals surface area contributed by atoms with Crippen molar-refractivity contribution in [3.8, 4) is 0 Å². The maximum Gasteiger partial charge on any atom is 0.353 e.